The van der Waals surface area contributed by atoms with Gasteiger partial charge >= 0.3 is 0 Å². The van der Waals surface area contributed by atoms with E-state index in [2.05, 4.69) is 5.32 Å². The number of nitrogens with one attached hydrogen (secondary N) is 1. The van der Waals surface area contributed by atoms with Gasteiger partial charge in [0.05, 0.1) is 6.04 Å². The van der Waals surface area contributed by atoms with Gasteiger partial charge in [0.2, 0.25) is 0 Å². The van der Waals surface area contributed by atoms with Gasteiger partial charge in [-0.15, -0.1) is 0 Å². The van der Waals surface area contributed by atoms with E-state index in [4.69, 9.17) is 9.47 Å². The van der Waals surface area contributed by atoms with E-state index in [1.807, 2.05) is 33.8 Å². The molecule has 20 heavy (non-hydrogen) atoms. The SMILES string of the molecule is CCNC(Cc1cc(F)ccc1C)C(OCC)OCC. The molecular weight excluding hydrogens is 257 g/mol. The molecule has 3 nitrogen and oxygen atoms in total. The van der Waals surface area contributed by atoms with Crippen LogP contribution in [0.2, 0.25) is 0 Å². The first-order valence-corrected chi connectivity index (χ1v) is 7.33. The van der Waals surface area contributed by atoms with Gasteiger partial charge in [0, 0.05) is 13.2 Å². The third-order valence-corrected chi connectivity index (χ3v) is 3.21. The maximum atomic E-state index is 13.4. The van der Waals surface area contributed by atoms with Crippen LogP contribution in [0, 0.1) is 12.7 Å². The molecule has 0 bridgehead atoms. The first kappa shape index (κ1) is 17.1. The van der Waals surface area contributed by atoms with Crippen LogP contribution in [-0.4, -0.2) is 32.1 Å². The summed E-state index contributed by atoms with van der Waals surface area (Å²) in [6.07, 6.45) is 0.370. The highest BCUT2D eigenvalue weighted by atomic mass is 19.1. The van der Waals surface area contributed by atoms with Gasteiger partial charge < -0.3 is 14.8 Å². The van der Waals surface area contributed by atoms with E-state index in [-0.39, 0.29) is 18.1 Å². The predicted octanol–water partition coefficient (Wildman–Crippen LogP) is 3.05. The molecule has 0 spiro atoms. The van der Waals surface area contributed by atoms with Crippen molar-refractivity contribution < 1.29 is 13.9 Å². The average molecular weight is 283 g/mol. The Morgan fingerprint density at radius 2 is 1.80 bits per heavy atom. The molecule has 0 aliphatic carbocycles. The maximum Gasteiger partial charge on any atom is 0.172 e. The predicted molar refractivity (Wildman–Crippen MR) is 79.3 cm³/mol. The molecule has 0 fully saturated rings. The Bertz CT molecular complexity index is 392. The van der Waals surface area contributed by atoms with Crippen LogP contribution in [-0.2, 0) is 15.9 Å². The van der Waals surface area contributed by atoms with Crippen molar-refractivity contribution in [3.8, 4) is 0 Å². The van der Waals surface area contributed by atoms with Gasteiger partial charge in [-0.2, -0.15) is 0 Å². The van der Waals surface area contributed by atoms with Crippen molar-refractivity contribution in [1.82, 2.24) is 5.32 Å². The van der Waals surface area contributed by atoms with Crippen molar-refractivity contribution in [3.63, 3.8) is 0 Å². The van der Waals surface area contributed by atoms with Crippen molar-refractivity contribution in [2.75, 3.05) is 19.8 Å². The number of aryl methyl sites for hydroxylation is 1. The molecule has 0 radical (unpaired) electrons. The van der Waals surface area contributed by atoms with Crippen molar-refractivity contribution in [1.29, 1.82) is 0 Å². The lowest BCUT2D eigenvalue weighted by Gasteiger charge is -2.28. The molecule has 1 N–H and O–H groups in total. The minimum absolute atomic E-state index is 0.0143. The van der Waals surface area contributed by atoms with Crippen molar-refractivity contribution in [2.24, 2.45) is 0 Å². The third kappa shape index (κ3) is 5.19. The zero-order chi connectivity index (χ0) is 15.0. The highest BCUT2D eigenvalue weighted by molar-refractivity contribution is 5.27. The average Bonchev–Trinajstić information content (AvgIpc) is 2.42. The highest BCUT2D eigenvalue weighted by Gasteiger charge is 2.22. The summed E-state index contributed by atoms with van der Waals surface area (Å²) in [7, 11) is 0. The fourth-order valence-electron chi connectivity index (χ4n) is 2.23. The second-order valence-corrected chi connectivity index (χ2v) is 4.72. The van der Waals surface area contributed by atoms with Crippen LogP contribution in [0.15, 0.2) is 18.2 Å². The Kier molecular flexibility index (Phi) is 7.73. The van der Waals surface area contributed by atoms with Crippen molar-refractivity contribution in [2.45, 2.75) is 46.4 Å². The maximum absolute atomic E-state index is 13.4. The minimum atomic E-state index is -0.312. The van der Waals surface area contributed by atoms with Gasteiger partial charge in [0.25, 0.3) is 0 Å². The number of hydrogen-bond acceptors (Lipinski definition) is 3. The molecule has 1 atom stereocenters. The van der Waals surface area contributed by atoms with Crippen LogP contribution in [0.4, 0.5) is 4.39 Å². The molecule has 0 saturated heterocycles. The lowest BCUT2D eigenvalue weighted by atomic mass is 10.0. The highest BCUT2D eigenvalue weighted by Crippen LogP contribution is 2.15. The summed E-state index contributed by atoms with van der Waals surface area (Å²) in [4.78, 5) is 0. The summed E-state index contributed by atoms with van der Waals surface area (Å²) >= 11 is 0. The number of halogens is 1. The second kappa shape index (κ2) is 9.06. The fourth-order valence-corrected chi connectivity index (χ4v) is 2.23. The van der Waals surface area contributed by atoms with Crippen LogP contribution >= 0.6 is 0 Å². The van der Waals surface area contributed by atoms with Gasteiger partial charge in [0.1, 0.15) is 5.82 Å². The Morgan fingerprint density at radius 1 is 1.15 bits per heavy atom. The summed E-state index contributed by atoms with van der Waals surface area (Å²) in [5.41, 5.74) is 2.07. The number of rotatable bonds is 9. The topological polar surface area (TPSA) is 30.5 Å². The number of likely N-dealkylation sites (N-methyl/N-ethyl adjacent to an activating group) is 1. The summed E-state index contributed by atoms with van der Waals surface area (Å²) < 4.78 is 24.7. The fraction of sp³-hybridized carbons (Fsp3) is 0.625. The molecular formula is C16H26FNO2. The van der Waals surface area contributed by atoms with Gasteiger partial charge in [-0.3, -0.25) is 0 Å². The van der Waals surface area contributed by atoms with E-state index in [1.165, 1.54) is 6.07 Å². The number of ether oxygens (including phenoxy) is 2. The summed E-state index contributed by atoms with van der Waals surface area (Å²) in [6.45, 7) is 9.93. The first-order valence-electron chi connectivity index (χ1n) is 7.33. The van der Waals surface area contributed by atoms with Gasteiger partial charge in [-0.25, -0.2) is 4.39 Å². The van der Waals surface area contributed by atoms with Crippen LogP contribution in [0.3, 0.4) is 0 Å². The molecule has 0 amide bonds. The monoisotopic (exact) mass is 283 g/mol. The molecule has 0 heterocycles. The molecule has 1 unspecified atom stereocenters. The molecule has 114 valence electrons. The lowest BCUT2D eigenvalue weighted by Crippen LogP contribution is -2.44. The largest absolute Gasteiger partial charge is 0.351 e. The standard InChI is InChI=1S/C16H26FNO2/c1-5-18-15(16(19-6-2)20-7-3)11-13-10-14(17)9-8-12(13)4/h8-10,15-16,18H,5-7,11H2,1-4H3. The van der Waals surface area contributed by atoms with Crippen molar-refractivity contribution >= 4 is 0 Å². The van der Waals surface area contributed by atoms with Crippen LogP contribution in [0.5, 0.6) is 0 Å². The molecule has 4 heteroatoms. The van der Waals surface area contributed by atoms with Gasteiger partial charge in [-0.05, 0) is 57.0 Å². The third-order valence-electron chi connectivity index (χ3n) is 3.21. The Labute approximate surface area is 121 Å². The zero-order valence-electron chi connectivity index (χ0n) is 12.9. The van der Waals surface area contributed by atoms with E-state index >= 15 is 0 Å². The van der Waals surface area contributed by atoms with E-state index < -0.39 is 0 Å². The molecule has 0 aromatic heterocycles. The Morgan fingerprint density at radius 3 is 2.35 bits per heavy atom. The molecule has 0 aliphatic heterocycles. The summed E-state index contributed by atoms with van der Waals surface area (Å²) in [5, 5.41) is 3.38. The number of hydrogen-bond donors (Lipinski definition) is 1. The smallest absolute Gasteiger partial charge is 0.172 e. The number of benzene rings is 1. The normalized spacial score (nSPS) is 12.9. The van der Waals surface area contributed by atoms with Gasteiger partial charge in [-0.1, -0.05) is 13.0 Å². The zero-order valence-corrected chi connectivity index (χ0v) is 12.9. The molecule has 1 aromatic rings. The molecule has 0 aliphatic rings. The molecule has 1 aromatic carbocycles. The van der Waals surface area contributed by atoms with Crippen molar-refractivity contribution in [3.05, 3.63) is 35.1 Å². The van der Waals surface area contributed by atoms with Gasteiger partial charge in [0.15, 0.2) is 6.29 Å². The van der Waals surface area contributed by atoms with Crippen LogP contribution in [0.1, 0.15) is 31.9 Å². The van der Waals surface area contributed by atoms with E-state index in [0.717, 1.165) is 17.7 Å². The summed E-state index contributed by atoms with van der Waals surface area (Å²) in [5.74, 6) is -0.204. The minimum Gasteiger partial charge on any atom is -0.351 e. The summed E-state index contributed by atoms with van der Waals surface area (Å²) in [6, 6.07) is 4.91. The quantitative estimate of drug-likeness (QED) is 0.707. The van der Waals surface area contributed by atoms with E-state index in [1.54, 1.807) is 6.07 Å². The molecule has 0 saturated carbocycles. The Balaban J connectivity index is 2.86. The second-order valence-electron chi connectivity index (χ2n) is 4.72. The Hall–Kier alpha value is -0.970. The van der Waals surface area contributed by atoms with Crippen LogP contribution < -0.4 is 5.32 Å². The van der Waals surface area contributed by atoms with Crippen LogP contribution in [0.25, 0.3) is 0 Å². The lowest BCUT2D eigenvalue weighted by molar-refractivity contribution is -0.153. The molecule has 1 rings (SSSR count). The first-order chi connectivity index (χ1) is 9.62. The van der Waals surface area contributed by atoms with E-state index in [9.17, 15) is 4.39 Å². The van der Waals surface area contributed by atoms with E-state index in [0.29, 0.717) is 19.6 Å².